The second-order valence-corrected chi connectivity index (χ2v) is 7.85. The molecule has 0 atom stereocenters. The van der Waals surface area contributed by atoms with Crippen LogP contribution in [0.25, 0.3) is 27.8 Å². The van der Waals surface area contributed by atoms with E-state index < -0.39 is 0 Å². The Balaban J connectivity index is 1.73. The zero-order chi connectivity index (χ0) is 21.7. The molecule has 0 amide bonds. The van der Waals surface area contributed by atoms with Crippen molar-refractivity contribution in [2.45, 2.75) is 13.5 Å². The molecule has 0 N–H and O–H groups in total. The van der Waals surface area contributed by atoms with Crippen molar-refractivity contribution in [2.24, 2.45) is 7.05 Å². The zero-order valence-electron chi connectivity index (χ0n) is 16.9. The van der Waals surface area contributed by atoms with Crippen LogP contribution in [0.4, 0.5) is 0 Å². The van der Waals surface area contributed by atoms with Gasteiger partial charge in [-0.1, -0.05) is 41.9 Å². The summed E-state index contributed by atoms with van der Waals surface area (Å²) in [6.45, 7) is 2.08. The molecule has 154 valence electrons. The van der Waals surface area contributed by atoms with Crippen molar-refractivity contribution in [1.82, 2.24) is 23.7 Å². The normalized spacial score (nSPS) is 11.5. The molecule has 4 aromatic heterocycles. The average molecular weight is 432 g/mol. The van der Waals surface area contributed by atoms with Crippen LogP contribution < -0.4 is 11.1 Å². The van der Waals surface area contributed by atoms with Crippen molar-refractivity contribution < 1.29 is 0 Å². The Morgan fingerprint density at radius 1 is 1.00 bits per heavy atom. The molecule has 0 spiro atoms. The van der Waals surface area contributed by atoms with Crippen LogP contribution in [-0.4, -0.2) is 23.7 Å². The fourth-order valence-corrected chi connectivity index (χ4v) is 4.18. The molecule has 31 heavy (non-hydrogen) atoms. The van der Waals surface area contributed by atoms with Gasteiger partial charge in [0.2, 0.25) is 0 Å². The maximum Gasteiger partial charge on any atom is 0.258 e. The zero-order valence-corrected chi connectivity index (χ0v) is 17.7. The number of halogens is 1. The van der Waals surface area contributed by atoms with E-state index in [1.165, 1.54) is 16.7 Å². The van der Waals surface area contributed by atoms with Crippen molar-refractivity contribution >= 4 is 28.3 Å². The van der Waals surface area contributed by atoms with Crippen LogP contribution in [0.5, 0.6) is 0 Å². The number of hydrogen-bond acceptors (Lipinski definition) is 4. The van der Waals surface area contributed by atoms with Crippen molar-refractivity contribution in [3.05, 3.63) is 97.9 Å². The van der Waals surface area contributed by atoms with E-state index in [-0.39, 0.29) is 17.7 Å². The second-order valence-electron chi connectivity index (χ2n) is 7.42. The minimum absolute atomic E-state index is 0.151. The number of nitrogens with zero attached hydrogens (tertiary/aromatic N) is 5. The van der Waals surface area contributed by atoms with Gasteiger partial charge in [0.05, 0.1) is 23.0 Å². The first-order chi connectivity index (χ1) is 14.9. The highest BCUT2D eigenvalue weighted by molar-refractivity contribution is 6.30. The molecule has 0 fully saturated rings. The molecular weight excluding hydrogens is 414 g/mol. The largest absolute Gasteiger partial charge is 0.287 e. The first-order valence-corrected chi connectivity index (χ1v) is 10.1. The molecule has 0 aliphatic rings. The number of aromatic nitrogens is 5. The highest BCUT2D eigenvalue weighted by Gasteiger charge is 2.18. The summed E-state index contributed by atoms with van der Waals surface area (Å²) in [7, 11) is 1.81. The lowest BCUT2D eigenvalue weighted by Crippen LogP contribution is -2.24. The summed E-state index contributed by atoms with van der Waals surface area (Å²) in [5.74, 6) is 0. The number of rotatable bonds is 3. The number of hydrogen-bond donors (Lipinski definition) is 0. The third kappa shape index (κ3) is 3.23. The Bertz CT molecular complexity index is 1580. The summed E-state index contributed by atoms with van der Waals surface area (Å²) in [5.41, 5.74) is 3.81. The van der Waals surface area contributed by atoms with E-state index in [1.54, 1.807) is 27.4 Å². The van der Waals surface area contributed by atoms with Crippen LogP contribution in [0.3, 0.4) is 0 Å². The van der Waals surface area contributed by atoms with Gasteiger partial charge in [0.15, 0.2) is 0 Å². The molecule has 7 nitrogen and oxygen atoms in total. The van der Waals surface area contributed by atoms with Crippen LogP contribution in [-0.2, 0) is 13.6 Å². The van der Waals surface area contributed by atoms with Crippen LogP contribution in [0.15, 0.2) is 70.4 Å². The van der Waals surface area contributed by atoms with E-state index in [0.717, 1.165) is 22.2 Å². The van der Waals surface area contributed by atoms with E-state index in [9.17, 15) is 9.59 Å². The molecule has 0 saturated carbocycles. The molecule has 1 aromatic carbocycles. The number of pyridine rings is 2. The number of fused-ring (bicyclic) bond motifs is 2. The van der Waals surface area contributed by atoms with Gasteiger partial charge in [0, 0.05) is 30.8 Å². The first-order valence-electron chi connectivity index (χ1n) is 9.73. The highest BCUT2D eigenvalue weighted by atomic mass is 35.5. The molecule has 8 heteroatoms. The summed E-state index contributed by atoms with van der Waals surface area (Å²) >= 11 is 5.99. The molecule has 0 radical (unpaired) electrons. The Labute approximate surface area is 181 Å². The van der Waals surface area contributed by atoms with Gasteiger partial charge in [-0.2, -0.15) is 5.10 Å². The minimum atomic E-state index is -0.256. The summed E-state index contributed by atoms with van der Waals surface area (Å²) in [6.07, 6.45) is 1.53. The van der Waals surface area contributed by atoms with Gasteiger partial charge >= 0.3 is 0 Å². The first kappa shape index (κ1) is 19.3. The quantitative estimate of drug-likeness (QED) is 0.438. The lowest BCUT2D eigenvalue weighted by atomic mass is 10.0. The lowest BCUT2D eigenvalue weighted by molar-refractivity contribution is 0.699. The molecule has 0 unspecified atom stereocenters. The topological polar surface area (TPSA) is 74.2 Å². The molecular formula is C23H18ClN5O2. The van der Waals surface area contributed by atoms with Crippen LogP contribution >= 0.6 is 11.6 Å². The standard InChI is InChI=1S/C23H18ClN5O2/c1-14-22-18(15-6-4-3-5-7-15)11-21(31)29(23(22)27(2)26-14)13-17-10-20(30)28-12-16(24)8-9-19(28)25-17/h3-12H,13H2,1-2H3. The number of aryl methyl sites for hydroxylation is 2. The van der Waals surface area contributed by atoms with Crippen molar-refractivity contribution in [2.75, 3.05) is 0 Å². The third-order valence-corrected chi connectivity index (χ3v) is 5.56. The summed E-state index contributed by atoms with van der Waals surface area (Å²) < 4.78 is 4.69. The van der Waals surface area contributed by atoms with Gasteiger partial charge in [0.25, 0.3) is 11.1 Å². The van der Waals surface area contributed by atoms with Gasteiger partial charge in [-0.05, 0) is 30.2 Å². The Morgan fingerprint density at radius 2 is 1.77 bits per heavy atom. The third-order valence-electron chi connectivity index (χ3n) is 5.33. The molecule has 0 saturated heterocycles. The Kier molecular flexibility index (Phi) is 4.48. The molecule has 5 aromatic rings. The van der Waals surface area contributed by atoms with E-state index in [2.05, 4.69) is 10.1 Å². The van der Waals surface area contributed by atoms with E-state index >= 15 is 0 Å². The van der Waals surface area contributed by atoms with Gasteiger partial charge < -0.3 is 0 Å². The van der Waals surface area contributed by atoms with Crippen LogP contribution in [0.2, 0.25) is 5.02 Å². The smallest absolute Gasteiger partial charge is 0.258 e. The maximum absolute atomic E-state index is 13.2. The predicted octanol–water partition coefficient (Wildman–Crippen LogP) is 3.42. The minimum Gasteiger partial charge on any atom is -0.287 e. The SMILES string of the molecule is Cc1nn(C)c2c1c(-c1ccccc1)cc(=O)n2Cc1cc(=O)n2cc(Cl)ccc2n1. The summed E-state index contributed by atoms with van der Waals surface area (Å²) in [4.78, 5) is 30.3. The van der Waals surface area contributed by atoms with E-state index in [0.29, 0.717) is 22.0 Å². The fourth-order valence-electron chi connectivity index (χ4n) is 4.02. The lowest BCUT2D eigenvalue weighted by Gasteiger charge is -2.12. The van der Waals surface area contributed by atoms with Gasteiger partial charge in [0.1, 0.15) is 11.3 Å². The van der Waals surface area contributed by atoms with Crippen LogP contribution in [0.1, 0.15) is 11.4 Å². The fraction of sp³-hybridized carbons (Fsp3) is 0.130. The highest BCUT2D eigenvalue weighted by Crippen LogP contribution is 2.29. The monoisotopic (exact) mass is 431 g/mol. The van der Waals surface area contributed by atoms with Crippen molar-refractivity contribution in [3.63, 3.8) is 0 Å². The number of benzene rings is 1. The van der Waals surface area contributed by atoms with E-state index in [4.69, 9.17) is 11.6 Å². The van der Waals surface area contributed by atoms with Crippen LogP contribution in [0, 0.1) is 6.92 Å². The molecule has 0 aliphatic heterocycles. The summed E-state index contributed by atoms with van der Waals surface area (Å²) in [6, 6.07) is 16.2. The Hall–Kier alpha value is -3.71. The molecule has 0 aliphatic carbocycles. The van der Waals surface area contributed by atoms with Gasteiger partial charge in [-0.25, -0.2) is 4.98 Å². The van der Waals surface area contributed by atoms with Gasteiger partial charge in [-0.3, -0.25) is 23.2 Å². The van der Waals surface area contributed by atoms with E-state index in [1.807, 2.05) is 44.3 Å². The molecule has 5 rings (SSSR count). The molecule has 0 bridgehead atoms. The average Bonchev–Trinajstić information content (AvgIpc) is 3.05. The summed E-state index contributed by atoms with van der Waals surface area (Å²) in [5, 5.41) is 5.90. The maximum atomic E-state index is 13.2. The molecule has 4 heterocycles. The predicted molar refractivity (Wildman–Crippen MR) is 121 cm³/mol. The Morgan fingerprint density at radius 3 is 2.55 bits per heavy atom. The van der Waals surface area contributed by atoms with Gasteiger partial charge in [-0.15, -0.1) is 0 Å². The van der Waals surface area contributed by atoms with Crippen molar-refractivity contribution in [1.29, 1.82) is 0 Å². The second kappa shape index (κ2) is 7.21. The van der Waals surface area contributed by atoms with Crippen molar-refractivity contribution in [3.8, 4) is 11.1 Å².